The van der Waals surface area contributed by atoms with Crippen molar-refractivity contribution in [2.24, 2.45) is 0 Å². The van der Waals surface area contributed by atoms with Crippen molar-refractivity contribution in [1.29, 1.82) is 5.26 Å². The number of anilines is 1. The van der Waals surface area contributed by atoms with Crippen LogP contribution >= 0.6 is 0 Å². The fourth-order valence-electron chi connectivity index (χ4n) is 3.19. The molecule has 2 atom stereocenters. The van der Waals surface area contributed by atoms with E-state index in [9.17, 15) is 18.0 Å². The Morgan fingerprint density at radius 1 is 1.07 bits per heavy atom. The third-order valence-electron chi connectivity index (χ3n) is 4.64. The number of nitrogens with zero attached hydrogens (tertiary/aromatic N) is 3. The molecule has 0 saturated carbocycles. The zero-order valence-electron chi connectivity index (χ0n) is 16.2. The van der Waals surface area contributed by atoms with Gasteiger partial charge in [-0.05, 0) is 37.6 Å². The normalized spacial score (nSPS) is 13.4. The molecule has 0 N–H and O–H groups in total. The molecule has 4 nitrogen and oxygen atoms in total. The molecule has 0 saturated heterocycles. The van der Waals surface area contributed by atoms with Crippen LogP contribution in [-0.2, 0) is 11.0 Å². The van der Waals surface area contributed by atoms with Crippen molar-refractivity contribution < 1.29 is 18.0 Å². The van der Waals surface area contributed by atoms with Crippen molar-refractivity contribution in [1.82, 2.24) is 4.90 Å². The highest BCUT2D eigenvalue weighted by Gasteiger charge is 2.36. The fourth-order valence-corrected chi connectivity index (χ4v) is 3.19. The third kappa shape index (κ3) is 4.45. The summed E-state index contributed by atoms with van der Waals surface area (Å²) in [6, 6.07) is 13.3. The van der Waals surface area contributed by atoms with Crippen molar-refractivity contribution >= 4 is 11.6 Å². The van der Waals surface area contributed by atoms with E-state index < -0.39 is 23.3 Å². The van der Waals surface area contributed by atoms with Gasteiger partial charge < -0.3 is 9.80 Å². The summed E-state index contributed by atoms with van der Waals surface area (Å²) in [5, 5.41) is 9.04. The van der Waals surface area contributed by atoms with Crippen LogP contribution in [-0.4, -0.2) is 30.9 Å². The number of hydrogen-bond donors (Lipinski definition) is 0. The Morgan fingerprint density at radius 2 is 1.68 bits per heavy atom. The van der Waals surface area contributed by atoms with Crippen LogP contribution in [0.4, 0.5) is 18.9 Å². The minimum absolute atomic E-state index is 0.227. The molecule has 28 heavy (non-hydrogen) atoms. The summed E-state index contributed by atoms with van der Waals surface area (Å²) in [6.07, 6.45) is -4.67. The maximum atomic E-state index is 13.4. The van der Waals surface area contributed by atoms with Crippen molar-refractivity contribution in [3.05, 3.63) is 65.2 Å². The number of nitriles is 1. The van der Waals surface area contributed by atoms with E-state index >= 15 is 0 Å². The third-order valence-corrected chi connectivity index (χ3v) is 4.64. The van der Waals surface area contributed by atoms with Crippen LogP contribution in [0.25, 0.3) is 0 Å². The average molecular weight is 389 g/mol. The monoisotopic (exact) mass is 389 g/mol. The molecule has 1 amide bonds. The molecule has 1 unspecified atom stereocenters. The lowest BCUT2D eigenvalue weighted by Gasteiger charge is -2.37. The van der Waals surface area contributed by atoms with E-state index in [0.29, 0.717) is 0 Å². The number of carbonyl (C=O) groups is 1. The standard InChI is InChI=1S/C21H22F3N3O/c1-14(16-8-6-5-7-9-16)27(15(2)20(28)26(3)4)18-11-10-17(13-25)19(12-18)21(22,23)24/h5-12,14-15H,1-4H3/t14?,15-/m0/s1. The summed E-state index contributed by atoms with van der Waals surface area (Å²) in [6.45, 7) is 3.49. The van der Waals surface area contributed by atoms with Gasteiger partial charge in [0.05, 0.1) is 23.2 Å². The number of carbonyl (C=O) groups excluding carboxylic acids is 1. The first-order chi connectivity index (χ1) is 13.1. The number of alkyl halides is 3. The maximum Gasteiger partial charge on any atom is 0.417 e. The lowest BCUT2D eigenvalue weighted by atomic mass is 10.0. The molecular weight excluding hydrogens is 367 g/mol. The van der Waals surface area contributed by atoms with E-state index in [1.54, 1.807) is 32.0 Å². The van der Waals surface area contributed by atoms with E-state index in [1.807, 2.05) is 37.3 Å². The van der Waals surface area contributed by atoms with E-state index in [2.05, 4.69) is 0 Å². The second-order valence-corrected chi connectivity index (χ2v) is 6.74. The summed E-state index contributed by atoms with van der Waals surface area (Å²) in [4.78, 5) is 15.7. The highest BCUT2D eigenvalue weighted by Crippen LogP contribution is 2.37. The minimum atomic E-state index is -4.67. The van der Waals surface area contributed by atoms with Gasteiger partial charge in [0.15, 0.2) is 0 Å². The molecule has 0 spiro atoms. The molecule has 0 aliphatic heterocycles. The molecule has 0 fully saturated rings. The molecule has 0 aromatic heterocycles. The van der Waals surface area contributed by atoms with Crippen molar-refractivity contribution in [2.75, 3.05) is 19.0 Å². The lowest BCUT2D eigenvalue weighted by molar-refractivity contribution is -0.137. The summed E-state index contributed by atoms with van der Waals surface area (Å²) in [7, 11) is 3.20. The molecule has 2 rings (SSSR count). The van der Waals surface area contributed by atoms with Gasteiger partial charge in [-0.3, -0.25) is 4.79 Å². The van der Waals surface area contributed by atoms with Gasteiger partial charge in [-0.15, -0.1) is 0 Å². The summed E-state index contributed by atoms with van der Waals surface area (Å²) < 4.78 is 40.3. The van der Waals surface area contributed by atoms with Crippen LogP contribution in [0, 0.1) is 11.3 Å². The Kier molecular flexibility index (Phi) is 6.34. The van der Waals surface area contributed by atoms with Gasteiger partial charge in [0.2, 0.25) is 5.91 Å². The molecule has 2 aromatic rings. The number of likely N-dealkylation sites (N-methyl/N-ethyl adjacent to an activating group) is 1. The number of hydrogen-bond acceptors (Lipinski definition) is 3. The predicted octanol–water partition coefficient (Wildman–Crippen LogP) is 4.62. The van der Waals surface area contributed by atoms with E-state index in [1.165, 1.54) is 11.0 Å². The Morgan fingerprint density at radius 3 is 2.18 bits per heavy atom. The molecule has 0 bridgehead atoms. The SMILES string of the molecule is CC(c1ccccc1)N(c1ccc(C#N)c(C(F)(F)F)c1)[C@@H](C)C(=O)N(C)C. The molecule has 0 radical (unpaired) electrons. The largest absolute Gasteiger partial charge is 0.417 e. The van der Waals surface area contributed by atoms with Gasteiger partial charge in [0.25, 0.3) is 0 Å². The van der Waals surface area contributed by atoms with Crippen LogP contribution in [0.15, 0.2) is 48.5 Å². The Bertz CT molecular complexity index is 873. The lowest BCUT2D eigenvalue weighted by Crippen LogP contribution is -2.46. The molecular formula is C21H22F3N3O. The number of amides is 1. The first-order valence-corrected chi connectivity index (χ1v) is 8.73. The highest BCUT2D eigenvalue weighted by atomic mass is 19.4. The summed E-state index contributed by atoms with van der Waals surface area (Å²) >= 11 is 0. The zero-order valence-corrected chi connectivity index (χ0v) is 16.2. The molecule has 148 valence electrons. The molecule has 7 heteroatoms. The maximum absolute atomic E-state index is 13.4. The fraction of sp³-hybridized carbons (Fsp3) is 0.333. The van der Waals surface area contributed by atoms with Gasteiger partial charge in [0.1, 0.15) is 6.04 Å². The molecule has 0 aliphatic carbocycles. The van der Waals surface area contributed by atoms with Gasteiger partial charge in [-0.2, -0.15) is 18.4 Å². The van der Waals surface area contributed by atoms with Crippen LogP contribution < -0.4 is 4.90 Å². The molecule has 0 aliphatic rings. The second kappa shape index (κ2) is 8.34. The zero-order chi connectivity index (χ0) is 21.1. The Labute approximate surface area is 162 Å². The highest BCUT2D eigenvalue weighted by molar-refractivity contribution is 5.85. The van der Waals surface area contributed by atoms with Crippen molar-refractivity contribution in [3.8, 4) is 6.07 Å². The van der Waals surface area contributed by atoms with Crippen molar-refractivity contribution in [3.63, 3.8) is 0 Å². The van der Waals surface area contributed by atoms with E-state index in [4.69, 9.17) is 5.26 Å². The van der Waals surface area contributed by atoms with E-state index in [-0.39, 0.29) is 17.6 Å². The smallest absolute Gasteiger partial charge is 0.353 e. The van der Waals surface area contributed by atoms with Gasteiger partial charge in [-0.25, -0.2) is 0 Å². The van der Waals surface area contributed by atoms with Crippen LogP contribution in [0.1, 0.15) is 36.6 Å². The van der Waals surface area contributed by atoms with Crippen LogP contribution in [0.5, 0.6) is 0 Å². The quantitative estimate of drug-likeness (QED) is 0.750. The summed E-state index contributed by atoms with van der Waals surface area (Å²) in [5.74, 6) is -0.235. The predicted molar refractivity (Wildman–Crippen MR) is 102 cm³/mol. The number of rotatable bonds is 5. The van der Waals surface area contributed by atoms with Crippen LogP contribution in [0.3, 0.4) is 0 Å². The van der Waals surface area contributed by atoms with E-state index in [0.717, 1.165) is 17.7 Å². The van der Waals surface area contributed by atoms with Gasteiger partial charge >= 0.3 is 6.18 Å². The molecule has 2 aromatic carbocycles. The Hall–Kier alpha value is -3.01. The first kappa shape index (κ1) is 21.3. The van der Waals surface area contributed by atoms with Gasteiger partial charge in [0, 0.05) is 19.8 Å². The van der Waals surface area contributed by atoms with Gasteiger partial charge in [-0.1, -0.05) is 30.3 Å². The average Bonchev–Trinajstić information content (AvgIpc) is 2.67. The topological polar surface area (TPSA) is 47.3 Å². The summed E-state index contributed by atoms with van der Waals surface area (Å²) in [5.41, 5.74) is -0.374. The van der Waals surface area contributed by atoms with Crippen molar-refractivity contribution in [2.45, 2.75) is 32.1 Å². The molecule has 0 heterocycles. The minimum Gasteiger partial charge on any atom is -0.353 e. The first-order valence-electron chi connectivity index (χ1n) is 8.73. The number of halogens is 3. The number of benzene rings is 2. The Balaban J connectivity index is 2.62. The second-order valence-electron chi connectivity index (χ2n) is 6.74. The van der Waals surface area contributed by atoms with Crippen LogP contribution in [0.2, 0.25) is 0 Å².